The lowest BCUT2D eigenvalue weighted by Gasteiger charge is -2.17. The number of carbonyl (C=O) groups is 2. The second-order valence-electron chi connectivity index (χ2n) is 11.4. The summed E-state index contributed by atoms with van der Waals surface area (Å²) in [4.78, 5) is 41.7. The van der Waals surface area contributed by atoms with Gasteiger partial charge in [-0.3, -0.25) is 19.1 Å². The molecule has 2 heterocycles. The maximum Gasteiger partial charge on any atom is 0.291 e. The molecule has 0 aliphatic rings. The molecule has 6 aromatic rings. The minimum atomic E-state index is -0.703. The number of benzene rings is 4. The molecule has 4 aromatic carbocycles. The van der Waals surface area contributed by atoms with Crippen molar-refractivity contribution in [3.05, 3.63) is 124 Å². The van der Waals surface area contributed by atoms with Crippen molar-refractivity contribution < 1.29 is 23.5 Å². The molecule has 0 bridgehead atoms. The fourth-order valence-corrected chi connectivity index (χ4v) is 5.59. The van der Waals surface area contributed by atoms with Crippen LogP contribution in [-0.4, -0.2) is 54.3 Å². The summed E-state index contributed by atoms with van der Waals surface area (Å²) < 4.78 is 18.4. The first-order chi connectivity index (χ1) is 23.2. The first-order valence-electron chi connectivity index (χ1n) is 15.3. The average molecular weight is 646 g/mol. The van der Waals surface area contributed by atoms with E-state index in [4.69, 9.17) is 13.9 Å². The Morgan fingerprint density at radius 3 is 2.40 bits per heavy atom. The summed E-state index contributed by atoms with van der Waals surface area (Å²) in [6, 6.07) is 24.6. The van der Waals surface area contributed by atoms with Crippen LogP contribution in [0, 0.1) is 0 Å². The molecule has 2 N–H and O–H groups in total. The largest absolute Gasteiger partial charge is 0.493 e. The van der Waals surface area contributed by atoms with Gasteiger partial charge in [-0.1, -0.05) is 36.4 Å². The van der Waals surface area contributed by atoms with Crippen molar-refractivity contribution in [1.82, 2.24) is 14.7 Å². The highest BCUT2D eigenvalue weighted by atomic mass is 16.5. The Kier molecular flexibility index (Phi) is 9.22. The summed E-state index contributed by atoms with van der Waals surface area (Å²) in [6.45, 7) is 1.64. The van der Waals surface area contributed by atoms with Gasteiger partial charge in [-0.25, -0.2) is 0 Å². The van der Waals surface area contributed by atoms with E-state index < -0.39 is 11.8 Å². The van der Waals surface area contributed by atoms with E-state index in [0.29, 0.717) is 22.6 Å². The van der Waals surface area contributed by atoms with Gasteiger partial charge in [0, 0.05) is 43.3 Å². The van der Waals surface area contributed by atoms with Crippen LogP contribution in [0.1, 0.15) is 32.0 Å². The van der Waals surface area contributed by atoms with Crippen LogP contribution in [0.3, 0.4) is 0 Å². The topological polar surface area (TPSA) is 128 Å². The molecule has 0 aliphatic carbocycles. The molecule has 0 unspecified atom stereocenters. The Morgan fingerprint density at radius 1 is 0.875 bits per heavy atom. The van der Waals surface area contributed by atoms with Gasteiger partial charge < -0.3 is 29.4 Å². The number of amides is 2. The molecule has 0 fully saturated rings. The van der Waals surface area contributed by atoms with E-state index in [1.165, 1.54) is 31.9 Å². The highest BCUT2D eigenvalue weighted by Crippen LogP contribution is 2.34. The molecular formula is C37H35N5O6. The third kappa shape index (κ3) is 6.76. The SMILES string of the molecule is COc1cc(NC(=O)c2cc(=O)c3ccccc3o2)c(C(=O)Nc2ccc(CCN(C)Cc3cccc4c3cnn4C)cc2)cc1OC. The van der Waals surface area contributed by atoms with Crippen LogP contribution < -0.4 is 25.5 Å². The molecular weight excluding hydrogens is 610 g/mol. The van der Waals surface area contributed by atoms with E-state index in [1.54, 1.807) is 24.3 Å². The summed E-state index contributed by atoms with van der Waals surface area (Å²) in [5.74, 6) is -0.781. The van der Waals surface area contributed by atoms with Crippen LogP contribution in [-0.2, 0) is 20.0 Å². The van der Waals surface area contributed by atoms with E-state index in [-0.39, 0.29) is 28.0 Å². The monoisotopic (exact) mass is 645 g/mol. The molecule has 0 spiro atoms. The third-order valence-electron chi connectivity index (χ3n) is 8.19. The summed E-state index contributed by atoms with van der Waals surface area (Å²) in [5.41, 5.74) is 4.23. The van der Waals surface area contributed by atoms with Gasteiger partial charge >= 0.3 is 0 Å². The van der Waals surface area contributed by atoms with Gasteiger partial charge in [-0.05, 0) is 61.0 Å². The molecule has 2 aromatic heterocycles. The van der Waals surface area contributed by atoms with Crippen molar-refractivity contribution in [3.8, 4) is 11.5 Å². The van der Waals surface area contributed by atoms with Crippen molar-refractivity contribution in [1.29, 1.82) is 0 Å². The maximum absolute atomic E-state index is 13.6. The number of para-hydroxylation sites is 1. The number of anilines is 2. The lowest BCUT2D eigenvalue weighted by molar-refractivity contribution is 0.0997. The lowest BCUT2D eigenvalue weighted by Crippen LogP contribution is -2.21. The first kappa shape index (κ1) is 32.0. The summed E-state index contributed by atoms with van der Waals surface area (Å²) in [6.07, 6.45) is 2.74. The zero-order chi connectivity index (χ0) is 33.8. The molecule has 11 nitrogen and oxygen atoms in total. The maximum atomic E-state index is 13.6. The molecule has 48 heavy (non-hydrogen) atoms. The number of methoxy groups -OCH3 is 2. The molecule has 0 saturated heterocycles. The second-order valence-corrected chi connectivity index (χ2v) is 11.4. The molecule has 0 radical (unpaired) electrons. The number of hydrogen-bond acceptors (Lipinski definition) is 8. The van der Waals surface area contributed by atoms with Crippen LogP contribution in [0.25, 0.3) is 21.9 Å². The van der Waals surface area contributed by atoms with E-state index in [1.807, 2.05) is 42.2 Å². The van der Waals surface area contributed by atoms with Gasteiger partial charge in [-0.15, -0.1) is 0 Å². The Hall–Kier alpha value is -5.94. The highest BCUT2D eigenvalue weighted by molar-refractivity contribution is 6.12. The summed E-state index contributed by atoms with van der Waals surface area (Å²) >= 11 is 0. The molecule has 0 aliphatic heterocycles. The fourth-order valence-electron chi connectivity index (χ4n) is 5.59. The molecule has 0 atom stereocenters. The van der Waals surface area contributed by atoms with Crippen molar-refractivity contribution in [3.63, 3.8) is 0 Å². The number of hydrogen-bond donors (Lipinski definition) is 2. The number of likely N-dealkylation sites (N-methyl/N-ethyl adjacent to an activating group) is 1. The van der Waals surface area contributed by atoms with Crippen LogP contribution in [0.15, 0.2) is 100 Å². The predicted molar refractivity (Wildman–Crippen MR) is 185 cm³/mol. The van der Waals surface area contributed by atoms with Gasteiger partial charge in [-0.2, -0.15) is 5.10 Å². The average Bonchev–Trinajstić information content (AvgIpc) is 3.48. The van der Waals surface area contributed by atoms with E-state index in [2.05, 4.69) is 45.9 Å². The van der Waals surface area contributed by atoms with Gasteiger partial charge in [0.05, 0.1) is 42.6 Å². The molecule has 2 amide bonds. The van der Waals surface area contributed by atoms with Gasteiger partial charge in [0.15, 0.2) is 22.7 Å². The number of ether oxygens (including phenoxy) is 2. The normalized spacial score (nSPS) is 11.2. The Morgan fingerprint density at radius 2 is 1.62 bits per heavy atom. The van der Waals surface area contributed by atoms with Gasteiger partial charge in [0.2, 0.25) is 0 Å². The Labute approximate surface area is 276 Å². The smallest absolute Gasteiger partial charge is 0.291 e. The number of nitrogens with one attached hydrogen (secondary N) is 2. The van der Waals surface area contributed by atoms with Crippen molar-refractivity contribution in [2.24, 2.45) is 7.05 Å². The fraction of sp³-hybridized carbons (Fsp3) is 0.189. The standard InChI is InChI=1S/C37H35N5O6/c1-41(22-24-8-7-10-30-28(24)21-38-42(30)2)17-16-23-12-14-25(15-13-23)39-36(44)27-18-33(46-3)34(47-4)19-29(27)40-37(45)35-20-31(43)26-9-5-6-11-32(26)48-35/h5-15,18-21H,16-17,22H2,1-4H3,(H,39,44)(H,40,45). The minimum absolute atomic E-state index is 0.124. The van der Waals surface area contributed by atoms with E-state index in [0.717, 1.165) is 42.0 Å². The molecule has 6 rings (SSSR count). The quantitative estimate of drug-likeness (QED) is 0.179. The summed E-state index contributed by atoms with van der Waals surface area (Å²) in [7, 11) is 6.95. The van der Waals surface area contributed by atoms with Crippen LogP contribution in [0.5, 0.6) is 11.5 Å². The first-order valence-corrected chi connectivity index (χ1v) is 15.3. The zero-order valence-corrected chi connectivity index (χ0v) is 27.1. The van der Waals surface area contributed by atoms with E-state index >= 15 is 0 Å². The molecule has 244 valence electrons. The van der Waals surface area contributed by atoms with Crippen molar-refractivity contribution >= 4 is 45.1 Å². The zero-order valence-electron chi connectivity index (χ0n) is 27.1. The van der Waals surface area contributed by atoms with E-state index in [9.17, 15) is 14.4 Å². The highest BCUT2D eigenvalue weighted by Gasteiger charge is 2.21. The van der Waals surface area contributed by atoms with Crippen molar-refractivity contribution in [2.45, 2.75) is 13.0 Å². The van der Waals surface area contributed by atoms with Gasteiger partial charge in [0.25, 0.3) is 11.8 Å². The minimum Gasteiger partial charge on any atom is -0.493 e. The second kappa shape index (κ2) is 13.8. The molecule has 0 saturated carbocycles. The van der Waals surface area contributed by atoms with Gasteiger partial charge in [0.1, 0.15) is 5.58 Å². The predicted octanol–water partition coefficient (Wildman–Crippen LogP) is 5.88. The van der Waals surface area contributed by atoms with Crippen LogP contribution >= 0.6 is 0 Å². The van der Waals surface area contributed by atoms with Crippen LogP contribution in [0.4, 0.5) is 11.4 Å². The number of carbonyl (C=O) groups excluding carboxylic acids is 2. The number of rotatable bonds is 11. The Balaban J connectivity index is 1.14. The Bertz CT molecular complexity index is 2190. The number of fused-ring (bicyclic) bond motifs is 2. The summed E-state index contributed by atoms with van der Waals surface area (Å²) in [5, 5.41) is 11.5. The number of nitrogens with zero attached hydrogens (tertiary/aromatic N) is 3. The number of aryl methyl sites for hydroxylation is 1. The third-order valence-corrected chi connectivity index (χ3v) is 8.19. The lowest BCUT2D eigenvalue weighted by atomic mass is 10.1. The van der Waals surface area contributed by atoms with Crippen molar-refractivity contribution in [2.75, 3.05) is 38.4 Å². The number of aromatic nitrogens is 2. The van der Waals surface area contributed by atoms with Crippen LogP contribution in [0.2, 0.25) is 0 Å². The molecule has 11 heteroatoms.